The van der Waals surface area contributed by atoms with Gasteiger partial charge in [0.15, 0.2) is 5.84 Å². The first-order valence-corrected chi connectivity index (χ1v) is 7.60. The second kappa shape index (κ2) is 6.84. The summed E-state index contributed by atoms with van der Waals surface area (Å²) in [7, 11) is 0. The molecular weight excluding hydrogens is 302 g/mol. The Bertz CT molecular complexity index is 820. The number of hydrogen-bond acceptors (Lipinski definition) is 5. The highest BCUT2D eigenvalue weighted by molar-refractivity contribution is 6.45. The maximum atomic E-state index is 8.80. The molecule has 0 aromatic heterocycles. The van der Waals surface area contributed by atoms with Crippen LogP contribution >= 0.6 is 0 Å². The van der Waals surface area contributed by atoms with Gasteiger partial charge in [-0.3, -0.25) is 10.8 Å². The summed E-state index contributed by atoms with van der Waals surface area (Å²) < 4.78 is 6.07. The number of hydrogen-bond donors (Lipinski definition) is 3. The monoisotopic (exact) mass is 319 g/mol. The molecule has 0 heterocycles. The number of rotatable bonds is 5. The van der Waals surface area contributed by atoms with Gasteiger partial charge < -0.3 is 10.5 Å². The highest BCUT2D eigenvalue weighted by Crippen LogP contribution is 2.34. The molecule has 0 bridgehead atoms. The van der Waals surface area contributed by atoms with Crippen molar-refractivity contribution in [2.24, 2.45) is 10.8 Å². The molecule has 0 radical (unpaired) electrons. The van der Waals surface area contributed by atoms with Gasteiger partial charge in [0.2, 0.25) is 5.71 Å². The van der Waals surface area contributed by atoms with Crippen LogP contribution in [0.5, 0.6) is 5.75 Å². The van der Waals surface area contributed by atoms with Crippen LogP contribution in [0.15, 0.2) is 53.6 Å². The molecule has 0 amide bonds. The molecule has 6 heteroatoms. The Morgan fingerprint density at radius 1 is 1.25 bits per heavy atom. The molecular formula is C18H17N5O. The van der Waals surface area contributed by atoms with E-state index in [1.54, 1.807) is 18.2 Å². The molecule has 1 unspecified atom stereocenters. The van der Waals surface area contributed by atoms with E-state index in [1.165, 1.54) is 11.1 Å². The summed E-state index contributed by atoms with van der Waals surface area (Å²) in [5.41, 5.74) is 11.1. The van der Waals surface area contributed by atoms with Crippen LogP contribution in [-0.4, -0.2) is 11.5 Å². The SMILES string of the molecule is N#C/C(=N\Nc1ccc(OC2CCc3ccccc32)cc1)C(=N)N. The molecule has 6 nitrogen and oxygen atoms in total. The van der Waals surface area contributed by atoms with E-state index in [1.807, 2.05) is 18.2 Å². The average Bonchev–Trinajstić information content (AvgIpc) is 3.00. The fraction of sp³-hybridized carbons (Fsp3) is 0.167. The molecule has 2 aromatic rings. The topological polar surface area (TPSA) is 107 Å². The van der Waals surface area contributed by atoms with E-state index < -0.39 is 0 Å². The predicted octanol–water partition coefficient (Wildman–Crippen LogP) is 2.98. The minimum Gasteiger partial charge on any atom is -0.486 e. The zero-order chi connectivity index (χ0) is 16.9. The quantitative estimate of drug-likeness (QED) is 0.447. The summed E-state index contributed by atoms with van der Waals surface area (Å²) in [6, 6.07) is 17.4. The summed E-state index contributed by atoms with van der Waals surface area (Å²) in [4.78, 5) is 0. The first-order valence-electron chi connectivity index (χ1n) is 7.60. The summed E-state index contributed by atoms with van der Waals surface area (Å²) in [6.07, 6.45) is 2.10. The van der Waals surface area contributed by atoms with Crippen molar-refractivity contribution in [3.63, 3.8) is 0 Å². The Hall–Kier alpha value is -3.33. The van der Waals surface area contributed by atoms with Crippen LogP contribution in [0, 0.1) is 16.7 Å². The second-order valence-corrected chi connectivity index (χ2v) is 5.47. The van der Waals surface area contributed by atoms with Crippen LogP contribution in [0.25, 0.3) is 0 Å². The van der Waals surface area contributed by atoms with Crippen LogP contribution in [-0.2, 0) is 6.42 Å². The molecule has 0 aliphatic heterocycles. The van der Waals surface area contributed by atoms with Gasteiger partial charge in [0.05, 0.1) is 5.69 Å². The third kappa shape index (κ3) is 3.36. The lowest BCUT2D eigenvalue weighted by Gasteiger charge is -2.15. The summed E-state index contributed by atoms with van der Waals surface area (Å²) in [5, 5.41) is 19.8. The fourth-order valence-electron chi connectivity index (χ4n) is 2.68. The molecule has 1 atom stereocenters. The van der Waals surface area contributed by atoms with Gasteiger partial charge in [-0.2, -0.15) is 10.4 Å². The number of amidine groups is 1. The first kappa shape index (κ1) is 15.6. The van der Waals surface area contributed by atoms with E-state index in [2.05, 4.69) is 28.7 Å². The van der Waals surface area contributed by atoms with Crippen molar-refractivity contribution in [1.82, 2.24) is 0 Å². The smallest absolute Gasteiger partial charge is 0.201 e. The van der Waals surface area contributed by atoms with Gasteiger partial charge in [0.1, 0.15) is 17.9 Å². The van der Waals surface area contributed by atoms with E-state index in [-0.39, 0.29) is 17.7 Å². The number of aryl methyl sites for hydroxylation is 1. The number of anilines is 1. The zero-order valence-corrected chi connectivity index (χ0v) is 13.0. The van der Waals surface area contributed by atoms with Crippen molar-refractivity contribution in [1.29, 1.82) is 10.7 Å². The minimum atomic E-state index is -0.371. The van der Waals surface area contributed by atoms with Gasteiger partial charge in [0, 0.05) is 0 Å². The Morgan fingerprint density at radius 2 is 2.00 bits per heavy atom. The van der Waals surface area contributed by atoms with E-state index in [9.17, 15) is 0 Å². The van der Waals surface area contributed by atoms with Gasteiger partial charge in [-0.1, -0.05) is 24.3 Å². The third-order valence-electron chi connectivity index (χ3n) is 3.87. The summed E-state index contributed by atoms with van der Waals surface area (Å²) >= 11 is 0. The molecule has 3 rings (SSSR count). The lowest BCUT2D eigenvalue weighted by Crippen LogP contribution is -2.21. The Kier molecular flexibility index (Phi) is 4.43. The molecule has 0 saturated heterocycles. The largest absolute Gasteiger partial charge is 0.486 e. The molecule has 0 saturated carbocycles. The fourth-order valence-corrected chi connectivity index (χ4v) is 2.68. The van der Waals surface area contributed by atoms with Crippen LogP contribution in [0.2, 0.25) is 0 Å². The van der Waals surface area contributed by atoms with Crippen LogP contribution < -0.4 is 15.9 Å². The van der Waals surface area contributed by atoms with Crippen molar-refractivity contribution in [2.75, 3.05) is 5.43 Å². The Labute approximate surface area is 140 Å². The van der Waals surface area contributed by atoms with E-state index in [0.717, 1.165) is 18.6 Å². The summed E-state index contributed by atoms with van der Waals surface area (Å²) in [6.45, 7) is 0. The van der Waals surface area contributed by atoms with Crippen molar-refractivity contribution >= 4 is 17.2 Å². The third-order valence-corrected chi connectivity index (χ3v) is 3.87. The second-order valence-electron chi connectivity index (χ2n) is 5.47. The van der Waals surface area contributed by atoms with E-state index >= 15 is 0 Å². The van der Waals surface area contributed by atoms with Crippen LogP contribution in [0.3, 0.4) is 0 Å². The maximum absolute atomic E-state index is 8.80. The van der Waals surface area contributed by atoms with Crippen molar-refractivity contribution in [3.05, 3.63) is 59.7 Å². The number of nitrogens with two attached hydrogens (primary N) is 1. The molecule has 2 aromatic carbocycles. The predicted molar refractivity (Wildman–Crippen MR) is 93.2 cm³/mol. The number of hydrazone groups is 1. The first-order chi connectivity index (χ1) is 11.7. The highest BCUT2D eigenvalue weighted by atomic mass is 16.5. The van der Waals surface area contributed by atoms with E-state index in [4.69, 9.17) is 21.1 Å². The van der Waals surface area contributed by atoms with Crippen LogP contribution in [0.4, 0.5) is 5.69 Å². The molecule has 1 aliphatic rings. The van der Waals surface area contributed by atoms with Gasteiger partial charge in [-0.05, 0) is 48.2 Å². The zero-order valence-electron chi connectivity index (χ0n) is 13.0. The standard InChI is InChI=1S/C18H17N5O/c19-11-16(18(20)21)23-22-13-6-8-14(9-7-13)24-17-10-5-12-3-1-2-4-15(12)17/h1-4,6-9,17,22H,5,10H2,(H3,20,21)/b23-16+. The lowest BCUT2D eigenvalue weighted by atomic mass is 10.1. The van der Waals surface area contributed by atoms with Crippen LogP contribution in [0.1, 0.15) is 23.7 Å². The number of nitrogens with one attached hydrogen (secondary N) is 2. The van der Waals surface area contributed by atoms with Crippen molar-refractivity contribution in [3.8, 4) is 11.8 Å². The lowest BCUT2D eigenvalue weighted by molar-refractivity contribution is 0.207. The number of fused-ring (bicyclic) bond motifs is 1. The van der Waals surface area contributed by atoms with Gasteiger partial charge in [-0.15, -0.1) is 0 Å². The van der Waals surface area contributed by atoms with Crippen molar-refractivity contribution < 1.29 is 4.74 Å². The van der Waals surface area contributed by atoms with Crippen molar-refractivity contribution in [2.45, 2.75) is 18.9 Å². The average molecular weight is 319 g/mol. The number of benzene rings is 2. The molecule has 1 aliphatic carbocycles. The number of ether oxygens (including phenoxy) is 1. The normalized spacial score (nSPS) is 16.1. The Morgan fingerprint density at radius 3 is 2.71 bits per heavy atom. The van der Waals surface area contributed by atoms with Gasteiger partial charge >= 0.3 is 0 Å². The van der Waals surface area contributed by atoms with Gasteiger partial charge in [-0.25, -0.2) is 0 Å². The molecule has 0 spiro atoms. The van der Waals surface area contributed by atoms with Gasteiger partial charge in [0.25, 0.3) is 0 Å². The number of nitrogens with zero attached hydrogens (tertiary/aromatic N) is 2. The molecule has 0 fully saturated rings. The molecule has 120 valence electrons. The minimum absolute atomic E-state index is 0.0842. The Balaban J connectivity index is 1.66. The summed E-state index contributed by atoms with van der Waals surface area (Å²) in [5.74, 6) is 0.406. The highest BCUT2D eigenvalue weighted by Gasteiger charge is 2.23. The maximum Gasteiger partial charge on any atom is 0.201 e. The van der Waals surface area contributed by atoms with E-state index in [0.29, 0.717) is 5.69 Å². The molecule has 24 heavy (non-hydrogen) atoms. The number of nitriles is 1. The molecule has 4 N–H and O–H groups in total.